The van der Waals surface area contributed by atoms with Crippen molar-refractivity contribution in [2.45, 2.75) is 32.1 Å². The molecular formula is C10H14F2N2O. The van der Waals surface area contributed by atoms with Crippen LogP contribution in [0.3, 0.4) is 0 Å². The molecule has 2 unspecified atom stereocenters. The zero-order valence-corrected chi connectivity index (χ0v) is 8.59. The van der Waals surface area contributed by atoms with Gasteiger partial charge in [-0.3, -0.25) is 4.79 Å². The maximum atomic E-state index is 12.8. The van der Waals surface area contributed by atoms with Crippen molar-refractivity contribution >= 4 is 5.91 Å². The SMILES string of the molecule is CC(C#N)CNC(=O)C1CCC(F)(F)C1. The standard InChI is InChI=1S/C10H14F2N2O/c1-7(5-13)6-14-9(15)8-2-3-10(11,12)4-8/h7-8H,2-4,6H2,1H3,(H,14,15). The fourth-order valence-corrected chi connectivity index (χ4v) is 1.62. The summed E-state index contributed by atoms with van der Waals surface area (Å²) in [5.74, 6) is -3.92. The lowest BCUT2D eigenvalue weighted by molar-refractivity contribution is -0.125. The number of nitrogens with one attached hydrogen (secondary N) is 1. The highest BCUT2D eigenvalue weighted by Gasteiger charge is 2.42. The molecule has 0 aromatic heterocycles. The van der Waals surface area contributed by atoms with Crippen molar-refractivity contribution in [3.05, 3.63) is 0 Å². The summed E-state index contributed by atoms with van der Waals surface area (Å²) in [6.07, 6.45) is -0.335. The summed E-state index contributed by atoms with van der Waals surface area (Å²) in [4.78, 5) is 11.4. The Balaban J connectivity index is 2.34. The number of carbonyl (C=O) groups excluding carboxylic acids is 1. The molecular weight excluding hydrogens is 202 g/mol. The molecule has 0 aliphatic heterocycles. The van der Waals surface area contributed by atoms with Crippen molar-refractivity contribution in [3.8, 4) is 6.07 Å². The number of nitriles is 1. The van der Waals surface area contributed by atoms with Crippen LogP contribution in [0.1, 0.15) is 26.2 Å². The summed E-state index contributed by atoms with van der Waals surface area (Å²) < 4.78 is 25.6. The van der Waals surface area contributed by atoms with E-state index in [1.807, 2.05) is 6.07 Å². The average Bonchev–Trinajstić information content (AvgIpc) is 2.54. The molecule has 1 aliphatic rings. The second-order valence-electron chi connectivity index (χ2n) is 4.07. The molecule has 1 rings (SSSR count). The predicted octanol–water partition coefficient (Wildman–Crippen LogP) is 1.70. The van der Waals surface area contributed by atoms with Gasteiger partial charge in [-0.05, 0) is 13.3 Å². The Labute approximate surface area is 87.5 Å². The highest BCUT2D eigenvalue weighted by molar-refractivity contribution is 5.79. The van der Waals surface area contributed by atoms with Crippen molar-refractivity contribution in [1.29, 1.82) is 5.26 Å². The number of carbonyl (C=O) groups is 1. The average molecular weight is 216 g/mol. The number of nitrogens with zero attached hydrogens (tertiary/aromatic N) is 1. The van der Waals surface area contributed by atoms with Crippen LogP contribution in [0, 0.1) is 23.2 Å². The molecule has 0 aromatic rings. The molecule has 1 fully saturated rings. The Hall–Kier alpha value is -1.18. The second-order valence-corrected chi connectivity index (χ2v) is 4.07. The van der Waals surface area contributed by atoms with Crippen LogP contribution < -0.4 is 5.32 Å². The third-order valence-electron chi connectivity index (χ3n) is 2.58. The van der Waals surface area contributed by atoms with Crippen LogP contribution in [0.15, 0.2) is 0 Å². The zero-order valence-electron chi connectivity index (χ0n) is 8.59. The summed E-state index contributed by atoms with van der Waals surface area (Å²) in [6, 6.07) is 1.96. The maximum Gasteiger partial charge on any atom is 0.248 e. The number of alkyl halides is 2. The van der Waals surface area contributed by atoms with Crippen molar-refractivity contribution in [2.24, 2.45) is 11.8 Å². The summed E-state index contributed by atoms with van der Waals surface area (Å²) in [7, 11) is 0. The van der Waals surface area contributed by atoms with Crippen molar-refractivity contribution in [3.63, 3.8) is 0 Å². The lowest BCUT2D eigenvalue weighted by atomic mass is 10.1. The number of rotatable bonds is 3. The van der Waals surface area contributed by atoms with Gasteiger partial charge in [0.2, 0.25) is 11.8 Å². The Kier molecular flexibility index (Phi) is 3.61. The minimum absolute atomic E-state index is 0.209. The lowest BCUT2D eigenvalue weighted by Crippen LogP contribution is -2.33. The summed E-state index contributed by atoms with van der Waals surface area (Å²) in [6.45, 7) is 1.90. The molecule has 0 saturated heterocycles. The Morgan fingerprint density at radius 3 is 2.87 bits per heavy atom. The number of hydrogen-bond acceptors (Lipinski definition) is 2. The van der Waals surface area contributed by atoms with Gasteiger partial charge in [0.05, 0.1) is 12.0 Å². The van der Waals surface area contributed by atoms with Gasteiger partial charge in [0.1, 0.15) is 0 Å². The van der Waals surface area contributed by atoms with Crippen LogP contribution in [0.2, 0.25) is 0 Å². The van der Waals surface area contributed by atoms with E-state index < -0.39 is 11.8 Å². The molecule has 0 bridgehead atoms. The topological polar surface area (TPSA) is 52.9 Å². The van der Waals surface area contributed by atoms with E-state index in [9.17, 15) is 13.6 Å². The summed E-state index contributed by atoms with van der Waals surface area (Å²) in [5.41, 5.74) is 0. The molecule has 84 valence electrons. The number of amides is 1. The van der Waals surface area contributed by atoms with E-state index in [2.05, 4.69) is 5.32 Å². The molecule has 0 radical (unpaired) electrons. The molecule has 2 atom stereocenters. The Bertz CT molecular complexity index is 286. The van der Waals surface area contributed by atoms with Gasteiger partial charge >= 0.3 is 0 Å². The van der Waals surface area contributed by atoms with Crippen LogP contribution >= 0.6 is 0 Å². The molecule has 0 aromatic carbocycles. The van der Waals surface area contributed by atoms with Crippen LogP contribution in [-0.4, -0.2) is 18.4 Å². The van der Waals surface area contributed by atoms with Gasteiger partial charge in [-0.25, -0.2) is 8.78 Å². The molecule has 3 nitrogen and oxygen atoms in total. The van der Waals surface area contributed by atoms with Crippen LogP contribution in [0.25, 0.3) is 0 Å². The van der Waals surface area contributed by atoms with Gasteiger partial charge in [0.25, 0.3) is 0 Å². The molecule has 1 amide bonds. The molecule has 1 N–H and O–H groups in total. The predicted molar refractivity (Wildman–Crippen MR) is 50.1 cm³/mol. The molecule has 0 spiro atoms. The van der Waals surface area contributed by atoms with Crippen molar-refractivity contribution < 1.29 is 13.6 Å². The van der Waals surface area contributed by atoms with Gasteiger partial charge in [-0.1, -0.05) is 0 Å². The zero-order chi connectivity index (χ0) is 11.5. The van der Waals surface area contributed by atoms with E-state index in [1.54, 1.807) is 6.92 Å². The quantitative estimate of drug-likeness (QED) is 0.780. The summed E-state index contributed by atoms with van der Waals surface area (Å²) >= 11 is 0. The van der Waals surface area contributed by atoms with Crippen molar-refractivity contribution in [2.75, 3.05) is 6.54 Å². The van der Waals surface area contributed by atoms with E-state index in [-0.39, 0.29) is 37.6 Å². The first kappa shape index (κ1) is 11.9. The van der Waals surface area contributed by atoms with Gasteiger partial charge < -0.3 is 5.32 Å². The largest absolute Gasteiger partial charge is 0.355 e. The minimum Gasteiger partial charge on any atom is -0.355 e. The Morgan fingerprint density at radius 2 is 2.40 bits per heavy atom. The van der Waals surface area contributed by atoms with Gasteiger partial charge in [-0.2, -0.15) is 5.26 Å². The highest BCUT2D eigenvalue weighted by Crippen LogP contribution is 2.38. The molecule has 5 heteroatoms. The van der Waals surface area contributed by atoms with Crippen LogP contribution in [0.4, 0.5) is 8.78 Å². The van der Waals surface area contributed by atoms with E-state index in [1.165, 1.54) is 0 Å². The number of hydrogen-bond donors (Lipinski definition) is 1. The van der Waals surface area contributed by atoms with E-state index >= 15 is 0 Å². The molecule has 1 aliphatic carbocycles. The first-order valence-electron chi connectivity index (χ1n) is 5.00. The molecule has 1 saturated carbocycles. The van der Waals surface area contributed by atoms with Gasteiger partial charge in [0.15, 0.2) is 0 Å². The van der Waals surface area contributed by atoms with Gasteiger partial charge in [0, 0.05) is 25.3 Å². The van der Waals surface area contributed by atoms with E-state index in [0.29, 0.717) is 0 Å². The summed E-state index contributed by atoms with van der Waals surface area (Å²) in [5, 5.41) is 11.0. The lowest BCUT2D eigenvalue weighted by Gasteiger charge is -2.11. The van der Waals surface area contributed by atoms with Crippen molar-refractivity contribution in [1.82, 2.24) is 5.32 Å². The normalized spacial score (nSPS) is 25.6. The fraction of sp³-hybridized carbons (Fsp3) is 0.800. The molecule has 15 heavy (non-hydrogen) atoms. The maximum absolute atomic E-state index is 12.8. The third kappa shape index (κ3) is 3.46. The fourth-order valence-electron chi connectivity index (χ4n) is 1.62. The molecule has 0 heterocycles. The number of halogens is 2. The van der Waals surface area contributed by atoms with E-state index in [0.717, 1.165) is 0 Å². The smallest absolute Gasteiger partial charge is 0.248 e. The highest BCUT2D eigenvalue weighted by atomic mass is 19.3. The minimum atomic E-state index is -2.69. The van der Waals surface area contributed by atoms with Crippen LogP contribution in [-0.2, 0) is 4.79 Å². The first-order valence-corrected chi connectivity index (χ1v) is 5.00. The third-order valence-corrected chi connectivity index (χ3v) is 2.58. The second kappa shape index (κ2) is 4.56. The van der Waals surface area contributed by atoms with Gasteiger partial charge in [-0.15, -0.1) is 0 Å². The first-order chi connectivity index (χ1) is 6.94. The monoisotopic (exact) mass is 216 g/mol. The van der Waals surface area contributed by atoms with Crippen LogP contribution in [0.5, 0.6) is 0 Å². The van der Waals surface area contributed by atoms with E-state index in [4.69, 9.17) is 5.26 Å². The Morgan fingerprint density at radius 1 is 1.73 bits per heavy atom.